The average Bonchev–Trinajstić information content (AvgIpc) is 2.68. The Labute approximate surface area is 112 Å². The molecule has 3 nitrogen and oxygen atoms in total. The smallest absolute Gasteiger partial charge is 0.107 e. The molecule has 3 rings (SSSR count). The monoisotopic (exact) mass is 251 g/mol. The third-order valence-electron chi connectivity index (χ3n) is 3.42. The molecular formula is C16H17N3. The molecule has 0 fully saturated rings. The fourth-order valence-electron chi connectivity index (χ4n) is 2.34. The van der Waals surface area contributed by atoms with Crippen molar-refractivity contribution in [3.8, 4) is 0 Å². The third-order valence-corrected chi connectivity index (χ3v) is 3.42. The van der Waals surface area contributed by atoms with E-state index in [1.54, 1.807) is 0 Å². The van der Waals surface area contributed by atoms with Gasteiger partial charge in [0.1, 0.15) is 5.82 Å². The van der Waals surface area contributed by atoms with Gasteiger partial charge in [-0.3, -0.25) is 0 Å². The minimum absolute atomic E-state index is 0.757. The predicted molar refractivity (Wildman–Crippen MR) is 79.2 cm³/mol. The largest absolute Gasteiger partial charge is 0.399 e. The number of imidazole rings is 1. The molecule has 0 radical (unpaired) electrons. The van der Waals surface area contributed by atoms with Crippen LogP contribution < -0.4 is 5.73 Å². The summed E-state index contributed by atoms with van der Waals surface area (Å²) < 4.78 is 2.22. The summed E-state index contributed by atoms with van der Waals surface area (Å²) >= 11 is 0. The van der Waals surface area contributed by atoms with Crippen LogP contribution in [0.25, 0.3) is 11.0 Å². The Hall–Kier alpha value is -2.29. The molecule has 2 N–H and O–H groups in total. The van der Waals surface area contributed by atoms with Crippen molar-refractivity contribution in [2.24, 2.45) is 0 Å². The van der Waals surface area contributed by atoms with E-state index >= 15 is 0 Å². The maximum Gasteiger partial charge on any atom is 0.107 e. The lowest BCUT2D eigenvalue weighted by molar-refractivity contribution is 0.786. The van der Waals surface area contributed by atoms with Gasteiger partial charge in [-0.1, -0.05) is 29.8 Å². The number of nitrogen functional groups attached to an aromatic ring is 1. The lowest BCUT2D eigenvalue weighted by Crippen LogP contribution is -2.01. The highest BCUT2D eigenvalue weighted by Gasteiger charge is 2.07. The van der Waals surface area contributed by atoms with Gasteiger partial charge >= 0.3 is 0 Å². The van der Waals surface area contributed by atoms with Gasteiger partial charge in [0, 0.05) is 12.2 Å². The van der Waals surface area contributed by atoms with Crippen LogP contribution in [0.1, 0.15) is 17.0 Å². The van der Waals surface area contributed by atoms with Gasteiger partial charge in [-0.2, -0.15) is 0 Å². The minimum atomic E-state index is 0.757. The zero-order chi connectivity index (χ0) is 13.4. The number of hydrogen-bond acceptors (Lipinski definition) is 2. The molecule has 0 saturated carbocycles. The first-order chi connectivity index (χ1) is 9.13. The first-order valence-corrected chi connectivity index (χ1v) is 6.41. The maximum absolute atomic E-state index is 5.80. The fraction of sp³-hybridized carbons (Fsp3) is 0.188. The van der Waals surface area contributed by atoms with Crippen molar-refractivity contribution in [2.45, 2.75) is 20.4 Å². The number of anilines is 1. The van der Waals surface area contributed by atoms with Crippen LogP contribution in [0.5, 0.6) is 0 Å². The second-order valence-corrected chi connectivity index (χ2v) is 4.98. The quantitative estimate of drug-likeness (QED) is 0.710. The number of benzene rings is 2. The average molecular weight is 251 g/mol. The molecule has 0 aliphatic carbocycles. The van der Waals surface area contributed by atoms with Crippen molar-refractivity contribution < 1.29 is 0 Å². The highest BCUT2D eigenvalue weighted by atomic mass is 15.1. The summed E-state index contributed by atoms with van der Waals surface area (Å²) in [6, 6.07) is 14.5. The number of rotatable bonds is 2. The normalized spacial score (nSPS) is 11.1. The van der Waals surface area contributed by atoms with E-state index in [1.807, 2.05) is 25.1 Å². The van der Waals surface area contributed by atoms with Crippen molar-refractivity contribution >= 4 is 16.7 Å². The van der Waals surface area contributed by atoms with E-state index in [-0.39, 0.29) is 0 Å². The topological polar surface area (TPSA) is 43.8 Å². The van der Waals surface area contributed by atoms with Crippen LogP contribution in [0.2, 0.25) is 0 Å². The molecule has 96 valence electrons. The van der Waals surface area contributed by atoms with E-state index in [9.17, 15) is 0 Å². The van der Waals surface area contributed by atoms with E-state index in [4.69, 9.17) is 5.73 Å². The van der Waals surface area contributed by atoms with Crippen molar-refractivity contribution in [3.63, 3.8) is 0 Å². The molecular weight excluding hydrogens is 234 g/mol. The van der Waals surface area contributed by atoms with Crippen LogP contribution in [-0.2, 0) is 6.54 Å². The van der Waals surface area contributed by atoms with Gasteiger partial charge in [0.15, 0.2) is 0 Å². The molecule has 3 heteroatoms. The molecule has 0 aliphatic heterocycles. The number of fused-ring (bicyclic) bond motifs is 1. The zero-order valence-corrected chi connectivity index (χ0v) is 11.2. The molecule has 1 aromatic heterocycles. The SMILES string of the molecule is Cc1ccc(Cn2c(C)nc3cc(N)ccc32)cc1. The molecule has 0 atom stereocenters. The van der Waals surface area contributed by atoms with E-state index in [2.05, 4.69) is 40.7 Å². The van der Waals surface area contributed by atoms with Gasteiger partial charge in [0.25, 0.3) is 0 Å². The molecule has 0 aliphatic rings. The van der Waals surface area contributed by atoms with Crippen LogP contribution in [0, 0.1) is 13.8 Å². The van der Waals surface area contributed by atoms with Crippen molar-refractivity contribution in [1.29, 1.82) is 0 Å². The van der Waals surface area contributed by atoms with Gasteiger partial charge in [-0.05, 0) is 37.6 Å². The number of nitrogens with zero attached hydrogens (tertiary/aromatic N) is 2. The summed E-state index contributed by atoms with van der Waals surface area (Å²) in [5, 5.41) is 0. The van der Waals surface area contributed by atoms with Crippen LogP contribution in [-0.4, -0.2) is 9.55 Å². The fourth-order valence-corrected chi connectivity index (χ4v) is 2.34. The predicted octanol–water partition coefficient (Wildman–Crippen LogP) is 3.28. The Kier molecular flexibility index (Phi) is 2.75. The number of aryl methyl sites for hydroxylation is 2. The molecule has 1 heterocycles. The van der Waals surface area contributed by atoms with E-state index in [0.29, 0.717) is 0 Å². The van der Waals surface area contributed by atoms with E-state index in [0.717, 1.165) is 29.1 Å². The van der Waals surface area contributed by atoms with E-state index < -0.39 is 0 Å². The molecule has 0 spiro atoms. The van der Waals surface area contributed by atoms with Gasteiger partial charge < -0.3 is 10.3 Å². The number of hydrogen-bond donors (Lipinski definition) is 1. The van der Waals surface area contributed by atoms with Crippen LogP contribution in [0.15, 0.2) is 42.5 Å². The molecule has 19 heavy (non-hydrogen) atoms. The molecule has 0 saturated heterocycles. The molecule has 0 bridgehead atoms. The summed E-state index contributed by atoms with van der Waals surface area (Å²) in [6.45, 7) is 4.97. The minimum Gasteiger partial charge on any atom is -0.399 e. The summed E-state index contributed by atoms with van der Waals surface area (Å²) in [5.74, 6) is 1.01. The van der Waals surface area contributed by atoms with Crippen LogP contribution in [0.4, 0.5) is 5.69 Å². The second-order valence-electron chi connectivity index (χ2n) is 4.98. The van der Waals surface area contributed by atoms with Crippen LogP contribution >= 0.6 is 0 Å². The highest BCUT2D eigenvalue weighted by molar-refractivity contribution is 5.79. The van der Waals surface area contributed by atoms with Crippen molar-refractivity contribution in [2.75, 3.05) is 5.73 Å². The Morgan fingerprint density at radius 3 is 2.53 bits per heavy atom. The first kappa shape index (κ1) is 11.8. The van der Waals surface area contributed by atoms with Gasteiger partial charge in [-0.15, -0.1) is 0 Å². The standard InChI is InChI=1S/C16H17N3/c1-11-3-5-13(6-4-11)10-19-12(2)18-15-9-14(17)7-8-16(15)19/h3-9H,10,17H2,1-2H3. The van der Waals surface area contributed by atoms with Gasteiger partial charge in [0.2, 0.25) is 0 Å². The maximum atomic E-state index is 5.80. The Morgan fingerprint density at radius 2 is 1.79 bits per heavy atom. The Bertz CT molecular complexity index is 724. The lowest BCUT2D eigenvalue weighted by atomic mass is 10.1. The summed E-state index contributed by atoms with van der Waals surface area (Å²) in [4.78, 5) is 4.57. The number of aromatic nitrogens is 2. The summed E-state index contributed by atoms with van der Waals surface area (Å²) in [6.07, 6.45) is 0. The molecule has 0 unspecified atom stereocenters. The van der Waals surface area contributed by atoms with Gasteiger partial charge in [0.05, 0.1) is 11.0 Å². The molecule has 3 aromatic rings. The lowest BCUT2D eigenvalue weighted by Gasteiger charge is -2.07. The van der Waals surface area contributed by atoms with Crippen molar-refractivity contribution in [1.82, 2.24) is 9.55 Å². The Morgan fingerprint density at radius 1 is 1.05 bits per heavy atom. The summed E-state index contributed by atoms with van der Waals surface area (Å²) in [7, 11) is 0. The second kappa shape index (κ2) is 4.43. The van der Waals surface area contributed by atoms with Crippen LogP contribution in [0.3, 0.4) is 0 Å². The molecule has 0 amide bonds. The van der Waals surface area contributed by atoms with Crippen molar-refractivity contribution in [3.05, 3.63) is 59.4 Å². The number of nitrogens with two attached hydrogens (primary N) is 1. The van der Waals surface area contributed by atoms with E-state index in [1.165, 1.54) is 11.1 Å². The summed E-state index contributed by atoms with van der Waals surface area (Å²) in [5.41, 5.74) is 11.2. The first-order valence-electron chi connectivity index (χ1n) is 6.41. The zero-order valence-electron chi connectivity index (χ0n) is 11.2. The molecule has 2 aromatic carbocycles. The van der Waals surface area contributed by atoms with Gasteiger partial charge in [-0.25, -0.2) is 4.98 Å². The Balaban J connectivity index is 2.05. The highest BCUT2D eigenvalue weighted by Crippen LogP contribution is 2.20. The third kappa shape index (κ3) is 2.19.